The standard InChI is InChI=1S/C25H25ClN6O2/c1-15(25-27-8-5-9-28-25)30-21-13-24(34)32(4)22-7-6-17(11-19(21)22)10-18-12-23(29-14-20(18)26)31(3)16(2)33/h5-9,11-15,30H,10H2,1-4H3. The molecule has 9 heteroatoms. The highest BCUT2D eigenvalue weighted by Gasteiger charge is 2.15. The van der Waals surface area contributed by atoms with E-state index in [1.165, 1.54) is 11.8 Å². The molecule has 4 rings (SSSR count). The van der Waals surface area contributed by atoms with Crippen molar-refractivity contribution >= 4 is 39.9 Å². The lowest BCUT2D eigenvalue weighted by atomic mass is 10.0. The van der Waals surface area contributed by atoms with Crippen molar-refractivity contribution in [1.82, 2.24) is 19.5 Å². The number of pyridine rings is 2. The van der Waals surface area contributed by atoms with E-state index in [0.29, 0.717) is 28.8 Å². The summed E-state index contributed by atoms with van der Waals surface area (Å²) in [5.74, 6) is 1.06. The minimum absolute atomic E-state index is 0.111. The van der Waals surface area contributed by atoms with Crippen molar-refractivity contribution in [1.29, 1.82) is 0 Å². The van der Waals surface area contributed by atoms with Crippen LogP contribution in [0.4, 0.5) is 11.5 Å². The topological polar surface area (TPSA) is 93.0 Å². The van der Waals surface area contributed by atoms with Crippen molar-refractivity contribution in [3.8, 4) is 0 Å². The maximum atomic E-state index is 12.6. The molecule has 1 unspecified atom stereocenters. The number of nitrogens with zero attached hydrogens (tertiary/aromatic N) is 5. The molecule has 0 aliphatic rings. The number of benzene rings is 1. The first kappa shape index (κ1) is 23.4. The summed E-state index contributed by atoms with van der Waals surface area (Å²) in [4.78, 5) is 38.7. The van der Waals surface area contributed by atoms with Gasteiger partial charge in [0.15, 0.2) is 0 Å². The van der Waals surface area contributed by atoms with Crippen LogP contribution in [0.2, 0.25) is 5.02 Å². The van der Waals surface area contributed by atoms with Gasteiger partial charge in [-0.05, 0) is 48.7 Å². The zero-order valence-electron chi connectivity index (χ0n) is 19.4. The highest BCUT2D eigenvalue weighted by molar-refractivity contribution is 6.31. The zero-order valence-corrected chi connectivity index (χ0v) is 20.2. The first-order valence-electron chi connectivity index (χ1n) is 10.8. The number of aromatic nitrogens is 4. The number of anilines is 2. The molecule has 3 heterocycles. The van der Waals surface area contributed by atoms with Crippen molar-refractivity contribution < 1.29 is 4.79 Å². The third kappa shape index (κ3) is 4.77. The van der Waals surface area contributed by atoms with Crippen molar-refractivity contribution in [3.05, 3.63) is 87.3 Å². The van der Waals surface area contributed by atoms with E-state index in [-0.39, 0.29) is 17.5 Å². The quantitative estimate of drug-likeness (QED) is 0.450. The molecule has 0 aliphatic heterocycles. The second-order valence-corrected chi connectivity index (χ2v) is 8.58. The normalized spacial score (nSPS) is 11.9. The number of aryl methyl sites for hydroxylation is 1. The highest BCUT2D eigenvalue weighted by atomic mass is 35.5. The van der Waals surface area contributed by atoms with Crippen molar-refractivity contribution in [2.24, 2.45) is 7.05 Å². The zero-order chi connectivity index (χ0) is 24.4. The summed E-state index contributed by atoms with van der Waals surface area (Å²) >= 11 is 6.42. The van der Waals surface area contributed by atoms with E-state index in [9.17, 15) is 9.59 Å². The van der Waals surface area contributed by atoms with Crippen molar-refractivity contribution in [2.45, 2.75) is 26.3 Å². The Kier molecular flexibility index (Phi) is 6.61. The molecule has 1 aromatic carbocycles. The molecule has 0 saturated heterocycles. The van der Waals surface area contributed by atoms with Gasteiger partial charge < -0.3 is 14.8 Å². The molecule has 4 aromatic rings. The molecule has 8 nitrogen and oxygen atoms in total. The maximum Gasteiger partial charge on any atom is 0.252 e. The van der Waals surface area contributed by atoms with Gasteiger partial charge in [0.2, 0.25) is 5.91 Å². The Morgan fingerprint density at radius 2 is 1.91 bits per heavy atom. The first-order valence-corrected chi connectivity index (χ1v) is 11.2. The third-order valence-corrected chi connectivity index (χ3v) is 6.13. The van der Waals surface area contributed by atoms with Crippen LogP contribution in [0.25, 0.3) is 10.9 Å². The lowest BCUT2D eigenvalue weighted by Gasteiger charge is -2.18. The van der Waals surface area contributed by atoms with Crippen molar-refractivity contribution in [2.75, 3.05) is 17.3 Å². The van der Waals surface area contributed by atoms with Crippen LogP contribution in [0.1, 0.15) is 36.8 Å². The lowest BCUT2D eigenvalue weighted by Crippen LogP contribution is -2.24. The average Bonchev–Trinajstić information content (AvgIpc) is 2.83. The van der Waals surface area contributed by atoms with E-state index in [0.717, 1.165) is 22.0 Å². The average molecular weight is 477 g/mol. The lowest BCUT2D eigenvalue weighted by molar-refractivity contribution is -0.116. The number of nitrogens with one attached hydrogen (secondary N) is 1. The number of hydrogen-bond acceptors (Lipinski definition) is 6. The van der Waals surface area contributed by atoms with Crippen LogP contribution < -0.4 is 15.8 Å². The Morgan fingerprint density at radius 1 is 1.18 bits per heavy atom. The molecule has 174 valence electrons. The van der Waals surface area contributed by atoms with E-state index in [1.54, 1.807) is 49.4 Å². The number of fused-ring (bicyclic) bond motifs is 1. The van der Waals surface area contributed by atoms with E-state index >= 15 is 0 Å². The second-order valence-electron chi connectivity index (χ2n) is 8.17. The van der Waals surface area contributed by atoms with Gasteiger partial charge in [-0.1, -0.05) is 17.7 Å². The SMILES string of the molecule is CC(=O)N(C)c1cc(Cc2ccc3c(c2)c(NC(C)c2ncccn2)cc(=O)n3C)c(Cl)cn1. The minimum Gasteiger partial charge on any atom is -0.375 e. The fourth-order valence-corrected chi connectivity index (χ4v) is 3.91. The van der Waals surface area contributed by atoms with E-state index in [4.69, 9.17) is 11.6 Å². The molecular weight excluding hydrogens is 452 g/mol. The number of hydrogen-bond donors (Lipinski definition) is 1. The Morgan fingerprint density at radius 3 is 2.62 bits per heavy atom. The molecule has 1 amide bonds. The van der Waals surface area contributed by atoms with Crippen LogP contribution in [-0.4, -0.2) is 32.5 Å². The third-order valence-electron chi connectivity index (χ3n) is 5.79. The predicted molar refractivity (Wildman–Crippen MR) is 134 cm³/mol. The minimum atomic E-state index is -0.195. The van der Waals surface area contributed by atoms with Crippen LogP contribution in [0.15, 0.2) is 59.8 Å². The monoisotopic (exact) mass is 476 g/mol. The van der Waals surface area contributed by atoms with Crippen molar-refractivity contribution in [3.63, 3.8) is 0 Å². The molecular formula is C25H25ClN6O2. The Balaban J connectivity index is 1.73. The van der Waals surface area contributed by atoms with E-state index in [1.807, 2.05) is 31.2 Å². The highest BCUT2D eigenvalue weighted by Crippen LogP contribution is 2.28. The van der Waals surface area contributed by atoms with Crippen LogP contribution >= 0.6 is 11.6 Å². The predicted octanol–water partition coefficient (Wildman–Crippen LogP) is 4.12. The van der Waals surface area contributed by atoms with Gasteiger partial charge in [-0.2, -0.15) is 0 Å². The summed E-state index contributed by atoms with van der Waals surface area (Å²) in [6.07, 6.45) is 5.48. The molecule has 0 aliphatic carbocycles. The molecule has 0 bridgehead atoms. The number of amides is 1. The largest absolute Gasteiger partial charge is 0.375 e. The number of carbonyl (C=O) groups excluding carboxylic acids is 1. The van der Waals surface area contributed by atoms with Gasteiger partial charge in [0.25, 0.3) is 5.56 Å². The van der Waals surface area contributed by atoms with Gasteiger partial charge in [0.05, 0.1) is 16.6 Å². The molecule has 0 fully saturated rings. The van der Waals surface area contributed by atoms with Crippen LogP contribution in [0, 0.1) is 0 Å². The smallest absolute Gasteiger partial charge is 0.252 e. The molecule has 34 heavy (non-hydrogen) atoms. The van der Waals surface area contributed by atoms with E-state index < -0.39 is 0 Å². The van der Waals surface area contributed by atoms with Gasteiger partial charge in [-0.3, -0.25) is 9.59 Å². The molecule has 0 saturated carbocycles. The Bertz CT molecular complexity index is 1420. The molecule has 0 radical (unpaired) electrons. The fraction of sp³-hybridized carbons (Fsp3) is 0.240. The Labute approximate surface area is 202 Å². The number of rotatable bonds is 6. The van der Waals surface area contributed by atoms with Gasteiger partial charge in [-0.15, -0.1) is 0 Å². The molecule has 1 N–H and O–H groups in total. The number of halogens is 1. The van der Waals surface area contributed by atoms with Crippen LogP contribution in [0.3, 0.4) is 0 Å². The summed E-state index contributed by atoms with van der Waals surface area (Å²) in [6.45, 7) is 3.44. The van der Waals surface area contributed by atoms with Crippen LogP contribution in [-0.2, 0) is 18.3 Å². The second kappa shape index (κ2) is 9.61. The maximum absolute atomic E-state index is 12.6. The molecule has 3 aromatic heterocycles. The van der Waals surface area contributed by atoms with Crippen LogP contribution in [0.5, 0.6) is 0 Å². The van der Waals surface area contributed by atoms with Gasteiger partial charge in [0.1, 0.15) is 11.6 Å². The van der Waals surface area contributed by atoms with Gasteiger partial charge in [-0.25, -0.2) is 15.0 Å². The van der Waals surface area contributed by atoms with E-state index in [2.05, 4.69) is 20.3 Å². The first-order chi connectivity index (χ1) is 16.2. The fourth-order valence-electron chi connectivity index (χ4n) is 3.74. The summed E-state index contributed by atoms with van der Waals surface area (Å²) in [5.41, 5.74) is 3.25. The summed E-state index contributed by atoms with van der Waals surface area (Å²) in [5, 5.41) is 4.81. The summed E-state index contributed by atoms with van der Waals surface area (Å²) in [7, 11) is 3.43. The summed E-state index contributed by atoms with van der Waals surface area (Å²) < 4.78 is 1.62. The molecule has 1 atom stereocenters. The molecule has 0 spiro atoms. The number of carbonyl (C=O) groups is 1. The Hall–Kier alpha value is -3.78. The summed E-state index contributed by atoms with van der Waals surface area (Å²) in [6, 6.07) is 10.9. The van der Waals surface area contributed by atoms with Gasteiger partial charge in [0, 0.05) is 56.7 Å². The van der Waals surface area contributed by atoms with Gasteiger partial charge >= 0.3 is 0 Å².